The van der Waals surface area contributed by atoms with Gasteiger partial charge in [-0.1, -0.05) is 29.3 Å². The lowest BCUT2D eigenvalue weighted by Crippen LogP contribution is -2.04. The van der Waals surface area contributed by atoms with Gasteiger partial charge in [-0.15, -0.1) is 0 Å². The van der Waals surface area contributed by atoms with Gasteiger partial charge >= 0.3 is 0 Å². The van der Waals surface area contributed by atoms with Crippen LogP contribution in [0.15, 0.2) is 36.9 Å². The van der Waals surface area contributed by atoms with E-state index < -0.39 is 0 Å². The van der Waals surface area contributed by atoms with Gasteiger partial charge in [0, 0.05) is 28.9 Å². The van der Waals surface area contributed by atoms with E-state index in [-0.39, 0.29) is 12.2 Å². The Balaban J connectivity index is 2.19. The molecule has 86 valence electrons. The molecule has 0 N–H and O–H groups in total. The summed E-state index contributed by atoms with van der Waals surface area (Å²) in [5, 5.41) is 1.04. The molecule has 0 saturated heterocycles. The molecule has 2 rings (SSSR count). The molecule has 1 aromatic carbocycles. The van der Waals surface area contributed by atoms with E-state index in [2.05, 4.69) is 9.97 Å². The second-order valence-electron chi connectivity index (χ2n) is 3.46. The zero-order valence-electron chi connectivity index (χ0n) is 8.73. The molecule has 0 radical (unpaired) electrons. The minimum atomic E-state index is -0.0742. The Morgan fingerprint density at radius 3 is 2.53 bits per heavy atom. The number of rotatable bonds is 3. The third-order valence-electron chi connectivity index (χ3n) is 2.25. The van der Waals surface area contributed by atoms with Crippen LogP contribution in [0.25, 0.3) is 0 Å². The number of Topliss-reactive ketones (excluding diaryl/α,β-unsaturated/α-hetero) is 1. The molecule has 0 aliphatic heterocycles. The van der Waals surface area contributed by atoms with Crippen LogP contribution in [0.5, 0.6) is 0 Å². The van der Waals surface area contributed by atoms with Crippen molar-refractivity contribution in [3.63, 3.8) is 0 Å². The molecule has 3 nitrogen and oxygen atoms in total. The number of aromatic nitrogens is 2. The summed E-state index contributed by atoms with van der Waals surface area (Å²) in [5.74, 6) is -0.0742. The van der Waals surface area contributed by atoms with Crippen molar-refractivity contribution in [3.05, 3.63) is 58.1 Å². The summed E-state index contributed by atoms with van der Waals surface area (Å²) in [5.41, 5.74) is 1.21. The third kappa shape index (κ3) is 3.02. The van der Waals surface area contributed by atoms with Crippen molar-refractivity contribution in [1.29, 1.82) is 0 Å². The Bertz CT molecular complexity index is 543. The van der Waals surface area contributed by atoms with Crippen LogP contribution in [0.3, 0.4) is 0 Å². The van der Waals surface area contributed by atoms with E-state index in [9.17, 15) is 4.79 Å². The first-order valence-electron chi connectivity index (χ1n) is 4.89. The van der Waals surface area contributed by atoms with E-state index in [1.54, 1.807) is 18.2 Å². The summed E-state index contributed by atoms with van der Waals surface area (Å²) >= 11 is 11.8. The van der Waals surface area contributed by atoms with Crippen molar-refractivity contribution in [3.8, 4) is 0 Å². The Labute approximate surface area is 108 Å². The summed E-state index contributed by atoms with van der Waals surface area (Å²) in [6.07, 6.45) is 4.56. The van der Waals surface area contributed by atoms with E-state index >= 15 is 0 Å². The van der Waals surface area contributed by atoms with Gasteiger partial charge in [0.25, 0.3) is 0 Å². The maximum absolute atomic E-state index is 11.9. The van der Waals surface area contributed by atoms with Gasteiger partial charge in [0.2, 0.25) is 0 Å². The Morgan fingerprint density at radius 2 is 1.88 bits per heavy atom. The lowest BCUT2D eigenvalue weighted by Gasteiger charge is -2.03. The van der Waals surface area contributed by atoms with Gasteiger partial charge in [-0.2, -0.15) is 0 Å². The monoisotopic (exact) mass is 266 g/mol. The number of ketones is 1. The molecule has 0 spiro atoms. The summed E-state index contributed by atoms with van der Waals surface area (Å²) in [7, 11) is 0. The summed E-state index contributed by atoms with van der Waals surface area (Å²) < 4.78 is 0. The smallest absolute Gasteiger partial charge is 0.170 e. The summed E-state index contributed by atoms with van der Waals surface area (Å²) in [6.45, 7) is 0. The van der Waals surface area contributed by atoms with E-state index in [1.807, 2.05) is 0 Å². The highest BCUT2D eigenvalue weighted by atomic mass is 35.5. The van der Waals surface area contributed by atoms with Crippen LogP contribution < -0.4 is 0 Å². The summed E-state index contributed by atoms with van der Waals surface area (Å²) in [6, 6.07) is 5.07. The highest BCUT2D eigenvalue weighted by Gasteiger charge is 2.10. The van der Waals surface area contributed by atoms with Gasteiger partial charge in [-0.25, -0.2) is 9.97 Å². The minimum absolute atomic E-state index is 0.0742. The first-order valence-corrected chi connectivity index (χ1v) is 5.64. The zero-order chi connectivity index (χ0) is 12.3. The first-order chi connectivity index (χ1) is 8.16. The van der Waals surface area contributed by atoms with E-state index in [0.29, 0.717) is 15.6 Å². The number of carbonyl (C=O) groups excluding carboxylic acids is 1. The van der Waals surface area contributed by atoms with Crippen molar-refractivity contribution in [1.82, 2.24) is 9.97 Å². The fourth-order valence-electron chi connectivity index (χ4n) is 1.38. The van der Waals surface area contributed by atoms with Gasteiger partial charge in [-0.05, 0) is 17.7 Å². The van der Waals surface area contributed by atoms with Crippen molar-refractivity contribution >= 4 is 29.0 Å². The number of halogens is 2. The molecule has 17 heavy (non-hydrogen) atoms. The predicted octanol–water partition coefficient (Wildman–Crippen LogP) is 3.21. The van der Waals surface area contributed by atoms with Gasteiger partial charge in [-0.3, -0.25) is 4.79 Å². The minimum Gasteiger partial charge on any atom is -0.294 e. The molecule has 2 aromatic rings. The molecule has 0 fully saturated rings. The van der Waals surface area contributed by atoms with Crippen LogP contribution in [0.1, 0.15) is 15.9 Å². The van der Waals surface area contributed by atoms with Crippen LogP contribution in [-0.2, 0) is 6.42 Å². The lowest BCUT2D eigenvalue weighted by molar-refractivity contribution is 0.0992. The number of benzene rings is 1. The molecule has 5 heteroatoms. The van der Waals surface area contributed by atoms with Crippen molar-refractivity contribution in [2.75, 3.05) is 0 Å². The standard InChI is InChI=1S/C12H8Cl2N2O/c13-10-2-1-8(11(14)4-10)3-12(17)9-5-15-7-16-6-9/h1-2,4-7H,3H2. The quantitative estimate of drug-likeness (QED) is 0.802. The Kier molecular flexibility index (Phi) is 3.71. The molecule has 0 aliphatic carbocycles. The lowest BCUT2D eigenvalue weighted by atomic mass is 10.1. The SMILES string of the molecule is O=C(Cc1ccc(Cl)cc1Cl)c1cncnc1. The van der Waals surface area contributed by atoms with Gasteiger partial charge in [0.15, 0.2) is 5.78 Å². The number of hydrogen-bond donors (Lipinski definition) is 0. The molecule has 0 unspecified atom stereocenters. The van der Waals surface area contributed by atoms with Crippen LogP contribution >= 0.6 is 23.2 Å². The second kappa shape index (κ2) is 5.25. The normalized spacial score (nSPS) is 10.2. The third-order valence-corrected chi connectivity index (χ3v) is 2.84. The maximum atomic E-state index is 11.9. The maximum Gasteiger partial charge on any atom is 0.170 e. The molecule has 1 heterocycles. The molecular weight excluding hydrogens is 259 g/mol. The second-order valence-corrected chi connectivity index (χ2v) is 4.31. The molecule has 0 saturated carbocycles. The first kappa shape index (κ1) is 12.0. The van der Waals surface area contributed by atoms with Crippen molar-refractivity contribution in [2.24, 2.45) is 0 Å². The number of nitrogens with zero attached hydrogens (tertiary/aromatic N) is 2. The predicted molar refractivity (Wildman–Crippen MR) is 66.5 cm³/mol. The number of carbonyl (C=O) groups is 1. The average Bonchev–Trinajstić information content (AvgIpc) is 2.34. The summed E-state index contributed by atoms with van der Waals surface area (Å²) in [4.78, 5) is 19.5. The van der Waals surface area contributed by atoms with E-state index in [1.165, 1.54) is 18.7 Å². The van der Waals surface area contributed by atoms with Gasteiger partial charge in [0.05, 0.1) is 5.56 Å². The fraction of sp³-hybridized carbons (Fsp3) is 0.0833. The van der Waals surface area contributed by atoms with Crippen LogP contribution in [0, 0.1) is 0 Å². The Hall–Kier alpha value is -1.45. The van der Waals surface area contributed by atoms with Gasteiger partial charge < -0.3 is 0 Å². The van der Waals surface area contributed by atoms with Crippen molar-refractivity contribution in [2.45, 2.75) is 6.42 Å². The van der Waals surface area contributed by atoms with E-state index in [0.717, 1.165) is 5.56 Å². The molecule has 0 atom stereocenters. The van der Waals surface area contributed by atoms with Crippen LogP contribution in [0.2, 0.25) is 10.0 Å². The highest BCUT2D eigenvalue weighted by molar-refractivity contribution is 6.35. The highest BCUT2D eigenvalue weighted by Crippen LogP contribution is 2.22. The molecular formula is C12H8Cl2N2O. The largest absolute Gasteiger partial charge is 0.294 e. The van der Waals surface area contributed by atoms with Crippen LogP contribution in [-0.4, -0.2) is 15.8 Å². The Morgan fingerprint density at radius 1 is 1.18 bits per heavy atom. The topological polar surface area (TPSA) is 42.9 Å². The average molecular weight is 267 g/mol. The number of hydrogen-bond acceptors (Lipinski definition) is 3. The van der Waals surface area contributed by atoms with Crippen LogP contribution in [0.4, 0.5) is 0 Å². The molecule has 0 bridgehead atoms. The van der Waals surface area contributed by atoms with Gasteiger partial charge in [0.1, 0.15) is 6.33 Å². The van der Waals surface area contributed by atoms with E-state index in [4.69, 9.17) is 23.2 Å². The molecule has 0 amide bonds. The zero-order valence-corrected chi connectivity index (χ0v) is 10.2. The fourth-order valence-corrected chi connectivity index (χ4v) is 1.86. The molecule has 0 aliphatic rings. The molecule has 1 aromatic heterocycles. The van der Waals surface area contributed by atoms with Crippen molar-refractivity contribution < 1.29 is 4.79 Å².